The number of pyridine rings is 1. The molecule has 2 N–H and O–H groups in total. The summed E-state index contributed by atoms with van der Waals surface area (Å²) in [6.07, 6.45) is 6.56. The molecule has 1 amide bonds. The van der Waals surface area contributed by atoms with Gasteiger partial charge in [-0.3, -0.25) is 9.20 Å². The highest BCUT2D eigenvalue weighted by Crippen LogP contribution is 2.30. The van der Waals surface area contributed by atoms with Crippen molar-refractivity contribution in [2.24, 2.45) is 0 Å². The van der Waals surface area contributed by atoms with Crippen molar-refractivity contribution in [1.82, 2.24) is 19.0 Å². The molecule has 0 saturated carbocycles. The molecule has 0 atom stereocenters. The Morgan fingerprint density at radius 2 is 1.74 bits per heavy atom. The summed E-state index contributed by atoms with van der Waals surface area (Å²) in [4.78, 5) is 16.7. The summed E-state index contributed by atoms with van der Waals surface area (Å²) in [7, 11) is -3.46. The van der Waals surface area contributed by atoms with Crippen molar-refractivity contribution in [3.05, 3.63) is 78.1 Å². The van der Waals surface area contributed by atoms with Gasteiger partial charge in [0.1, 0.15) is 0 Å². The van der Waals surface area contributed by atoms with Crippen molar-refractivity contribution >= 4 is 33.0 Å². The van der Waals surface area contributed by atoms with Crippen molar-refractivity contribution in [1.29, 1.82) is 0 Å². The molecule has 1 fully saturated rings. The highest BCUT2D eigenvalue weighted by atomic mass is 32.2. The summed E-state index contributed by atoms with van der Waals surface area (Å²) in [5, 5.41) is 6.23. The fourth-order valence-corrected chi connectivity index (χ4v) is 6.38. The van der Waals surface area contributed by atoms with Gasteiger partial charge in [-0.25, -0.2) is 13.4 Å². The van der Waals surface area contributed by atoms with Crippen LogP contribution in [0.5, 0.6) is 0 Å². The first kappa shape index (κ1) is 21.8. The molecule has 9 heteroatoms. The Kier molecular flexibility index (Phi) is 5.31. The predicted octanol–water partition coefficient (Wildman–Crippen LogP) is 4.16. The second kappa shape index (κ2) is 8.51. The highest BCUT2D eigenvalue weighted by Gasteiger charge is 2.25. The van der Waals surface area contributed by atoms with Crippen molar-refractivity contribution in [3.8, 4) is 11.3 Å². The van der Waals surface area contributed by atoms with E-state index in [9.17, 15) is 13.2 Å². The summed E-state index contributed by atoms with van der Waals surface area (Å²) in [5.41, 5.74) is 6.02. The average molecular weight is 488 g/mol. The zero-order valence-electron chi connectivity index (χ0n) is 19.1. The fraction of sp³-hybridized carbons (Fsp3) is 0.231. The number of sulfonamides is 1. The number of nitrogens with one attached hydrogen (secondary N) is 2. The fourth-order valence-electron chi connectivity index (χ4n) is 4.86. The molecule has 0 spiro atoms. The lowest BCUT2D eigenvalue weighted by atomic mass is 10.0. The molecular formula is C26H25N5O3S. The Hall–Kier alpha value is -3.69. The molecule has 8 nitrogen and oxygen atoms in total. The molecule has 2 aliphatic heterocycles. The van der Waals surface area contributed by atoms with E-state index in [0.29, 0.717) is 24.5 Å². The number of aromatic nitrogens is 2. The van der Waals surface area contributed by atoms with Crippen LogP contribution in [0.15, 0.2) is 71.9 Å². The first-order valence-corrected chi connectivity index (χ1v) is 13.2. The molecule has 0 aliphatic carbocycles. The van der Waals surface area contributed by atoms with E-state index in [1.54, 1.807) is 34.8 Å². The lowest BCUT2D eigenvalue weighted by Crippen LogP contribution is -2.35. The van der Waals surface area contributed by atoms with Gasteiger partial charge in [0.2, 0.25) is 10.0 Å². The average Bonchev–Trinajstić information content (AvgIpc) is 3.52. The second-order valence-electron chi connectivity index (χ2n) is 8.92. The van der Waals surface area contributed by atoms with Crippen LogP contribution >= 0.6 is 0 Å². The molecule has 0 radical (unpaired) electrons. The van der Waals surface area contributed by atoms with Gasteiger partial charge in [0, 0.05) is 43.3 Å². The molecule has 178 valence electrons. The van der Waals surface area contributed by atoms with Crippen LogP contribution in [0, 0.1) is 0 Å². The van der Waals surface area contributed by atoms with Gasteiger partial charge < -0.3 is 10.6 Å². The number of hydrogen-bond acceptors (Lipinski definition) is 5. The van der Waals surface area contributed by atoms with E-state index < -0.39 is 10.0 Å². The van der Waals surface area contributed by atoms with Crippen molar-refractivity contribution in [2.45, 2.75) is 30.7 Å². The number of amides is 1. The van der Waals surface area contributed by atoms with Crippen molar-refractivity contribution in [3.63, 3.8) is 0 Å². The van der Waals surface area contributed by atoms with E-state index in [1.165, 1.54) is 0 Å². The van der Waals surface area contributed by atoms with Crippen LogP contribution in [0.3, 0.4) is 0 Å². The van der Waals surface area contributed by atoms with Gasteiger partial charge in [0.25, 0.3) is 5.91 Å². The molecule has 1 saturated heterocycles. The molecule has 4 aromatic rings. The summed E-state index contributed by atoms with van der Waals surface area (Å²) in [5.74, 6) is -0.0337. The summed E-state index contributed by atoms with van der Waals surface area (Å²) >= 11 is 0. The molecule has 2 aliphatic rings. The van der Waals surface area contributed by atoms with Gasteiger partial charge in [-0.2, -0.15) is 4.31 Å². The molecular weight excluding hydrogens is 462 g/mol. The minimum Gasteiger partial charge on any atom is -0.352 e. The largest absolute Gasteiger partial charge is 0.352 e. The van der Waals surface area contributed by atoms with Crippen LogP contribution in [0.1, 0.15) is 35.2 Å². The van der Waals surface area contributed by atoms with E-state index in [1.807, 2.05) is 40.9 Å². The maximum atomic E-state index is 12.9. The molecule has 0 bridgehead atoms. The van der Waals surface area contributed by atoms with Gasteiger partial charge in [0.15, 0.2) is 5.65 Å². The quantitative estimate of drug-likeness (QED) is 0.441. The lowest BCUT2D eigenvalue weighted by molar-refractivity contribution is 0.0965. The Bertz CT molecular complexity index is 1540. The Labute approximate surface area is 203 Å². The Morgan fingerprint density at radius 3 is 2.54 bits per heavy atom. The maximum Gasteiger partial charge on any atom is 0.251 e. The van der Waals surface area contributed by atoms with Crippen molar-refractivity contribution in [2.75, 3.05) is 18.4 Å². The highest BCUT2D eigenvalue weighted by molar-refractivity contribution is 7.89. The first-order chi connectivity index (χ1) is 17.0. The Morgan fingerprint density at radius 1 is 0.943 bits per heavy atom. The van der Waals surface area contributed by atoms with E-state index in [2.05, 4.69) is 15.6 Å². The van der Waals surface area contributed by atoms with Gasteiger partial charge >= 0.3 is 0 Å². The molecule has 0 unspecified atom stereocenters. The molecule has 4 heterocycles. The van der Waals surface area contributed by atoms with Crippen LogP contribution < -0.4 is 10.6 Å². The Balaban J connectivity index is 1.27. The van der Waals surface area contributed by atoms with E-state index in [-0.39, 0.29) is 5.91 Å². The van der Waals surface area contributed by atoms with Crippen LogP contribution in [0.25, 0.3) is 16.9 Å². The van der Waals surface area contributed by atoms with Gasteiger partial charge in [-0.1, -0.05) is 12.5 Å². The SMILES string of the molecule is O=C1NCc2cc(-c3ccc(Nc4ccc(S(=O)(=O)N5CCCCC5)cc4)c4nccn34)ccc21. The number of rotatable bonds is 5. The third kappa shape index (κ3) is 3.86. The molecule has 2 aromatic carbocycles. The van der Waals surface area contributed by atoms with E-state index in [0.717, 1.165) is 58.7 Å². The van der Waals surface area contributed by atoms with Gasteiger partial charge in [-0.05, 0) is 72.5 Å². The summed E-state index contributed by atoms with van der Waals surface area (Å²) in [6, 6.07) is 16.7. The third-order valence-electron chi connectivity index (χ3n) is 6.72. The van der Waals surface area contributed by atoms with E-state index >= 15 is 0 Å². The zero-order valence-corrected chi connectivity index (χ0v) is 19.9. The number of benzene rings is 2. The van der Waals surface area contributed by atoms with Gasteiger partial charge in [-0.15, -0.1) is 0 Å². The number of piperidine rings is 1. The van der Waals surface area contributed by atoms with Crippen LogP contribution in [-0.2, 0) is 16.6 Å². The summed E-state index contributed by atoms with van der Waals surface area (Å²) in [6.45, 7) is 1.71. The number of carbonyl (C=O) groups is 1. The van der Waals surface area contributed by atoms with Gasteiger partial charge in [0.05, 0.1) is 16.3 Å². The minimum atomic E-state index is -3.46. The molecule has 2 aromatic heterocycles. The van der Waals surface area contributed by atoms with Crippen molar-refractivity contribution < 1.29 is 13.2 Å². The van der Waals surface area contributed by atoms with E-state index in [4.69, 9.17) is 0 Å². The van der Waals surface area contributed by atoms with Crippen LogP contribution in [0.2, 0.25) is 0 Å². The zero-order chi connectivity index (χ0) is 24.0. The maximum absolute atomic E-state index is 12.9. The molecule has 35 heavy (non-hydrogen) atoms. The normalized spacial score (nSPS) is 16.3. The number of hydrogen-bond donors (Lipinski definition) is 2. The minimum absolute atomic E-state index is 0.0337. The lowest BCUT2D eigenvalue weighted by Gasteiger charge is -2.25. The molecule has 6 rings (SSSR count). The van der Waals surface area contributed by atoms with Crippen LogP contribution in [0.4, 0.5) is 11.4 Å². The third-order valence-corrected chi connectivity index (χ3v) is 8.63. The smallest absolute Gasteiger partial charge is 0.251 e. The predicted molar refractivity (Wildman–Crippen MR) is 134 cm³/mol. The number of anilines is 2. The topological polar surface area (TPSA) is 95.8 Å². The number of carbonyl (C=O) groups excluding carboxylic acids is 1. The standard InChI is InChI=1S/C26H25N5O3S/c32-26-22-9-4-18(16-19(22)17-28-26)24-11-10-23(25-27-12-15-31(24)25)29-20-5-7-21(8-6-20)35(33,34)30-13-2-1-3-14-30/h4-12,15-16,29H,1-3,13-14,17H2,(H,28,32). The number of nitrogens with zero attached hydrogens (tertiary/aromatic N) is 3. The first-order valence-electron chi connectivity index (χ1n) is 11.8. The number of fused-ring (bicyclic) bond motifs is 2. The number of imidazole rings is 1. The summed E-state index contributed by atoms with van der Waals surface area (Å²) < 4.78 is 29.4. The monoisotopic (exact) mass is 487 g/mol. The van der Waals surface area contributed by atoms with Crippen LogP contribution in [-0.4, -0.2) is 41.1 Å². The second-order valence-corrected chi connectivity index (χ2v) is 10.9.